The van der Waals surface area contributed by atoms with Gasteiger partial charge in [-0.2, -0.15) is 0 Å². The molecule has 0 saturated heterocycles. The van der Waals surface area contributed by atoms with Crippen LogP contribution >= 0.6 is 28.3 Å². The van der Waals surface area contributed by atoms with Crippen molar-refractivity contribution in [3.8, 4) is 11.3 Å². The molecule has 1 aromatic heterocycles. The van der Waals surface area contributed by atoms with Gasteiger partial charge in [-0.1, -0.05) is 28.1 Å². The van der Waals surface area contributed by atoms with E-state index in [0.717, 1.165) is 28.1 Å². The lowest BCUT2D eigenvalue weighted by molar-refractivity contribution is 0.0936. The van der Waals surface area contributed by atoms with Gasteiger partial charge in [0.15, 0.2) is 0 Å². The van der Waals surface area contributed by atoms with E-state index in [2.05, 4.69) is 21.2 Å². The Hall–Kier alpha value is -0.850. The van der Waals surface area contributed by atoms with Gasteiger partial charge in [0.05, 0.1) is 26.4 Å². The summed E-state index contributed by atoms with van der Waals surface area (Å²) in [5, 5.41) is 11.8. The molecule has 6 heteroatoms. The summed E-state index contributed by atoms with van der Waals surface area (Å²) in [6.07, 6.45) is 0. The van der Waals surface area contributed by atoms with Gasteiger partial charge in [-0.15, -0.1) is 12.4 Å². The van der Waals surface area contributed by atoms with Gasteiger partial charge in [0.25, 0.3) is 0 Å². The third-order valence-corrected chi connectivity index (χ3v) is 3.28. The predicted octanol–water partition coefficient (Wildman–Crippen LogP) is 3.23. The zero-order valence-corrected chi connectivity index (χ0v) is 14.0. The fourth-order valence-electron chi connectivity index (χ4n) is 1.76. The van der Waals surface area contributed by atoms with Crippen molar-refractivity contribution in [3.63, 3.8) is 0 Å². The first-order valence-corrected chi connectivity index (χ1v) is 7.33. The molecular weight excluding hydrogens is 358 g/mol. The summed E-state index contributed by atoms with van der Waals surface area (Å²) in [5.74, 6) is 1.76. The van der Waals surface area contributed by atoms with E-state index >= 15 is 0 Å². The molecule has 0 saturated carbocycles. The van der Waals surface area contributed by atoms with Crippen LogP contribution in [0.5, 0.6) is 0 Å². The minimum atomic E-state index is 0. The maximum absolute atomic E-state index is 8.57. The normalized spacial score (nSPS) is 10.4. The van der Waals surface area contributed by atoms with Gasteiger partial charge in [0, 0.05) is 16.6 Å². The zero-order chi connectivity index (χ0) is 14.2. The number of hydrogen-bond donors (Lipinski definition) is 2. The maximum Gasteiger partial charge on any atom is 0.134 e. The number of hydrogen-bond acceptors (Lipinski definition) is 4. The Morgan fingerprint density at radius 2 is 1.86 bits per heavy atom. The third-order valence-electron chi connectivity index (χ3n) is 2.75. The van der Waals surface area contributed by atoms with E-state index in [4.69, 9.17) is 14.3 Å². The summed E-state index contributed by atoms with van der Waals surface area (Å²) >= 11 is 3.42. The molecule has 116 valence electrons. The summed E-state index contributed by atoms with van der Waals surface area (Å²) in [6.45, 7) is 2.43. The Bertz CT molecular complexity index is 516. The SMILES string of the molecule is Cl.OCCOCCNCc1ccc(-c2ccc(Br)cc2)o1. The monoisotopic (exact) mass is 375 g/mol. The highest BCUT2D eigenvalue weighted by Crippen LogP contribution is 2.23. The van der Waals surface area contributed by atoms with Gasteiger partial charge in [-0.05, 0) is 24.3 Å². The number of ether oxygens (including phenoxy) is 1. The second-order valence-electron chi connectivity index (χ2n) is 4.29. The molecule has 4 nitrogen and oxygen atoms in total. The first-order chi connectivity index (χ1) is 9.79. The van der Waals surface area contributed by atoms with Gasteiger partial charge >= 0.3 is 0 Å². The van der Waals surface area contributed by atoms with Gasteiger partial charge in [0.1, 0.15) is 11.5 Å². The molecule has 0 atom stereocenters. The van der Waals surface area contributed by atoms with Crippen molar-refractivity contribution < 1.29 is 14.3 Å². The quantitative estimate of drug-likeness (QED) is 0.695. The Morgan fingerprint density at radius 1 is 1.10 bits per heavy atom. The third kappa shape index (κ3) is 6.20. The molecule has 2 aromatic rings. The molecule has 0 fully saturated rings. The van der Waals surface area contributed by atoms with Crippen molar-refractivity contribution in [2.45, 2.75) is 6.54 Å². The molecule has 1 heterocycles. The fraction of sp³-hybridized carbons (Fsp3) is 0.333. The minimum Gasteiger partial charge on any atom is -0.460 e. The van der Waals surface area contributed by atoms with Crippen LogP contribution in [0, 0.1) is 0 Å². The maximum atomic E-state index is 8.57. The number of rotatable bonds is 8. The number of aliphatic hydroxyl groups excluding tert-OH is 1. The molecular formula is C15H19BrClNO3. The molecule has 0 bridgehead atoms. The van der Waals surface area contributed by atoms with Crippen LogP contribution in [-0.4, -0.2) is 31.5 Å². The molecule has 0 aliphatic rings. The molecule has 2 N–H and O–H groups in total. The van der Waals surface area contributed by atoms with Crippen molar-refractivity contribution in [2.24, 2.45) is 0 Å². The Balaban J connectivity index is 0.00000220. The number of halogens is 2. The van der Waals surface area contributed by atoms with Gasteiger partial charge < -0.3 is 19.6 Å². The van der Waals surface area contributed by atoms with Crippen molar-refractivity contribution in [3.05, 3.63) is 46.6 Å². The number of nitrogens with one attached hydrogen (secondary N) is 1. The van der Waals surface area contributed by atoms with E-state index in [1.165, 1.54) is 0 Å². The van der Waals surface area contributed by atoms with Crippen molar-refractivity contribution in [1.29, 1.82) is 0 Å². The van der Waals surface area contributed by atoms with Crippen LogP contribution in [0.2, 0.25) is 0 Å². The minimum absolute atomic E-state index is 0. The largest absolute Gasteiger partial charge is 0.460 e. The molecule has 2 rings (SSSR count). The molecule has 0 spiro atoms. The smallest absolute Gasteiger partial charge is 0.134 e. The van der Waals surface area contributed by atoms with E-state index in [-0.39, 0.29) is 19.0 Å². The van der Waals surface area contributed by atoms with Gasteiger partial charge in [-0.25, -0.2) is 0 Å². The average Bonchev–Trinajstić information content (AvgIpc) is 2.92. The highest BCUT2D eigenvalue weighted by molar-refractivity contribution is 9.10. The summed E-state index contributed by atoms with van der Waals surface area (Å²) in [6, 6.07) is 12.0. The van der Waals surface area contributed by atoms with Crippen molar-refractivity contribution >= 4 is 28.3 Å². The lowest BCUT2D eigenvalue weighted by Crippen LogP contribution is -2.19. The number of furan rings is 1. The van der Waals surface area contributed by atoms with Gasteiger partial charge in [0.2, 0.25) is 0 Å². The van der Waals surface area contributed by atoms with Crippen LogP contribution in [0.1, 0.15) is 5.76 Å². The first-order valence-electron chi connectivity index (χ1n) is 6.53. The molecule has 0 amide bonds. The number of aliphatic hydroxyl groups is 1. The summed E-state index contributed by atoms with van der Waals surface area (Å²) in [7, 11) is 0. The summed E-state index contributed by atoms with van der Waals surface area (Å²) in [5.41, 5.74) is 1.06. The van der Waals surface area contributed by atoms with Crippen LogP contribution in [0.3, 0.4) is 0 Å². The van der Waals surface area contributed by atoms with Crippen molar-refractivity contribution in [2.75, 3.05) is 26.4 Å². The number of benzene rings is 1. The fourth-order valence-corrected chi connectivity index (χ4v) is 2.03. The second kappa shape index (κ2) is 9.97. The van der Waals surface area contributed by atoms with E-state index in [9.17, 15) is 0 Å². The molecule has 0 radical (unpaired) electrons. The highest BCUT2D eigenvalue weighted by Gasteiger charge is 2.04. The lowest BCUT2D eigenvalue weighted by Gasteiger charge is -2.03. The van der Waals surface area contributed by atoms with E-state index in [1.54, 1.807) is 0 Å². The Kier molecular flexibility index (Phi) is 8.64. The van der Waals surface area contributed by atoms with Crippen LogP contribution in [0.25, 0.3) is 11.3 Å². The highest BCUT2D eigenvalue weighted by atomic mass is 79.9. The average molecular weight is 377 g/mol. The Morgan fingerprint density at radius 3 is 2.57 bits per heavy atom. The summed E-state index contributed by atoms with van der Waals surface area (Å²) < 4.78 is 12.0. The Labute approximate surface area is 139 Å². The molecule has 0 unspecified atom stereocenters. The molecule has 21 heavy (non-hydrogen) atoms. The summed E-state index contributed by atoms with van der Waals surface area (Å²) in [4.78, 5) is 0. The topological polar surface area (TPSA) is 54.6 Å². The molecule has 0 aliphatic heterocycles. The van der Waals surface area contributed by atoms with E-state index in [1.807, 2.05) is 36.4 Å². The van der Waals surface area contributed by atoms with E-state index < -0.39 is 0 Å². The standard InChI is InChI=1S/C15H18BrNO3.ClH/c16-13-3-1-12(2-4-13)15-6-5-14(20-15)11-17-7-9-19-10-8-18;/h1-6,17-18H,7-11H2;1H. The second-order valence-corrected chi connectivity index (χ2v) is 5.20. The van der Waals surface area contributed by atoms with Crippen LogP contribution < -0.4 is 5.32 Å². The van der Waals surface area contributed by atoms with Gasteiger partial charge in [-0.3, -0.25) is 0 Å². The van der Waals surface area contributed by atoms with E-state index in [0.29, 0.717) is 19.8 Å². The predicted molar refractivity (Wildman–Crippen MR) is 88.7 cm³/mol. The van der Waals surface area contributed by atoms with Crippen LogP contribution in [0.4, 0.5) is 0 Å². The van der Waals surface area contributed by atoms with Crippen LogP contribution in [0.15, 0.2) is 45.3 Å². The lowest BCUT2D eigenvalue weighted by atomic mass is 10.2. The van der Waals surface area contributed by atoms with Crippen molar-refractivity contribution in [1.82, 2.24) is 5.32 Å². The van der Waals surface area contributed by atoms with Crippen LogP contribution in [-0.2, 0) is 11.3 Å². The molecule has 0 aliphatic carbocycles. The molecule has 1 aromatic carbocycles. The first kappa shape index (κ1) is 18.2. The zero-order valence-electron chi connectivity index (χ0n) is 11.5.